The summed E-state index contributed by atoms with van der Waals surface area (Å²) in [5, 5.41) is 0. The molecule has 5 nitrogen and oxygen atoms in total. The van der Waals surface area contributed by atoms with Gasteiger partial charge in [-0.15, -0.1) is 0 Å². The number of hydrogen-bond acceptors (Lipinski definition) is 4. The summed E-state index contributed by atoms with van der Waals surface area (Å²) in [6.45, 7) is 3.94. The quantitative estimate of drug-likeness (QED) is 0.794. The fraction of sp³-hybridized carbons (Fsp3) is 0.500. The molecule has 0 aliphatic carbocycles. The summed E-state index contributed by atoms with van der Waals surface area (Å²) < 4.78 is 0. The van der Waals surface area contributed by atoms with Gasteiger partial charge in [-0.3, -0.25) is 4.79 Å². The molecule has 0 saturated carbocycles. The average molecular weight is 262 g/mol. The smallest absolute Gasteiger partial charge is 0.255 e. The summed E-state index contributed by atoms with van der Waals surface area (Å²) in [5.74, 6) is -0.0447. The molecule has 0 atom stereocenters. The lowest BCUT2D eigenvalue weighted by molar-refractivity contribution is 0.0783. The Kier molecular flexibility index (Phi) is 4.27. The van der Waals surface area contributed by atoms with Crippen LogP contribution >= 0.6 is 0 Å². The molecule has 1 amide bonds. The predicted octanol–water partition coefficient (Wildman–Crippen LogP) is 1.02. The maximum Gasteiger partial charge on any atom is 0.255 e. The second kappa shape index (κ2) is 5.93. The summed E-state index contributed by atoms with van der Waals surface area (Å²) in [6, 6.07) is 5.03. The van der Waals surface area contributed by atoms with Crippen LogP contribution in [0.25, 0.3) is 0 Å². The van der Waals surface area contributed by atoms with Crippen LogP contribution in [0.2, 0.25) is 0 Å². The van der Waals surface area contributed by atoms with E-state index in [2.05, 4.69) is 4.90 Å². The van der Waals surface area contributed by atoms with Gasteiger partial charge in [0.1, 0.15) is 0 Å². The molecule has 1 heterocycles. The number of benzene rings is 1. The Balaban J connectivity index is 1.94. The van der Waals surface area contributed by atoms with Gasteiger partial charge in [0.05, 0.1) is 5.56 Å². The molecule has 5 heteroatoms. The van der Waals surface area contributed by atoms with E-state index < -0.39 is 0 Å². The third-order valence-corrected chi connectivity index (χ3v) is 3.60. The number of carbonyl (C=O) groups excluding carboxylic acids is 1. The topological polar surface area (TPSA) is 75.6 Å². The van der Waals surface area contributed by atoms with Crippen molar-refractivity contribution in [2.24, 2.45) is 0 Å². The summed E-state index contributed by atoms with van der Waals surface area (Å²) >= 11 is 0. The van der Waals surface area contributed by atoms with Crippen molar-refractivity contribution in [1.82, 2.24) is 9.80 Å². The van der Waals surface area contributed by atoms with Crippen LogP contribution in [-0.2, 0) is 0 Å². The van der Waals surface area contributed by atoms with E-state index in [0.29, 0.717) is 16.9 Å². The van der Waals surface area contributed by atoms with Crippen molar-refractivity contribution < 1.29 is 4.79 Å². The first-order valence-corrected chi connectivity index (χ1v) is 6.71. The first-order chi connectivity index (χ1) is 9.08. The van der Waals surface area contributed by atoms with E-state index in [1.54, 1.807) is 23.1 Å². The van der Waals surface area contributed by atoms with Gasteiger partial charge < -0.3 is 21.3 Å². The fourth-order valence-electron chi connectivity index (χ4n) is 2.38. The van der Waals surface area contributed by atoms with Crippen LogP contribution in [0.3, 0.4) is 0 Å². The molecule has 0 radical (unpaired) electrons. The van der Waals surface area contributed by atoms with Crippen molar-refractivity contribution in [2.75, 3.05) is 44.7 Å². The second-order valence-corrected chi connectivity index (χ2v) is 5.12. The minimum atomic E-state index is -0.0447. The number of likely N-dealkylation sites (tertiary alicyclic amines) is 1. The Morgan fingerprint density at radius 3 is 2.63 bits per heavy atom. The summed E-state index contributed by atoms with van der Waals surface area (Å²) in [4.78, 5) is 16.4. The summed E-state index contributed by atoms with van der Waals surface area (Å²) in [7, 11) is 1.81. The van der Waals surface area contributed by atoms with Crippen molar-refractivity contribution in [3.63, 3.8) is 0 Å². The van der Waals surface area contributed by atoms with Gasteiger partial charge in [-0.2, -0.15) is 0 Å². The fourth-order valence-corrected chi connectivity index (χ4v) is 2.38. The molecule has 0 aromatic heterocycles. The molecule has 0 bridgehead atoms. The molecule has 0 unspecified atom stereocenters. The summed E-state index contributed by atoms with van der Waals surface area (Å²) in [6.07, 6.45) is 2.53. The van der Waals surface area contributed by atoms with E-state index in [9.17, 15) is 4.79 Å². The lowest BCUT2D eigenvalue weighted by Gasteiger charge is -2.22. The molecule has 2 rings (SSSR count). The highest BCUT2D eigenvalue weighted by molar-refractivity contribution is 5.99. The first-order valence-electron chi connectivity index (χ1n) is 6.71. The molecule has 1 aromatic rings. The highest BCUT2D eigenvalue weighted by atomic mass is 16.2. The van der Waals surface area contributed by atoms with E-state index in [1.165, 1.54) is 12.8 Å². The van der Waals surface area contributed by atoms with Gasteiger partial charge in [-0.05, 0) is 44.1 Å². The number of rotatable bonds is 4. The Labute approximate surface area is 114 Å². The monoisotopic (exact) mass is 262 g/mol. The normalized spacial score (nSPS) is 15.6. The zero-order valence-corrected chi connectivity index (χ0v) is 11.4. The highest BCUT2D eigenvalue weighted by Crippen LogP contribution is 2.17. The highest BCUT2D eigenvalue weighted by Gasteiger charge is 2.17. The maximum absolute atomic E-state index is 12.3. The molecular weight excluding hydrogens is 240 g/mol. The number of amides is 1. The van der Waals surface area contributed by atoms with E-state index in [0.717, 1.165) is 26.2 Å². The van der Waals surface area contributed by atoms with Gasteiger partial charge in [0, 0.05) is 31.5 Å². The molecule has 1 aromatic carbocycles. The number of nitrogen functional groups attached to an aromatic ring is 2. The molecule has 1 saturated heterocycles. The van der Waals surface area contributed by atoms with Crippen molar-refractivity contribution in [1.29, 1.82) is 0 Å². The second-order valence-electron chi connectivity index (χ2n) is 5.12. The van der Waals surface area contributed by atoms with Gasteiger partial charge in [0.15, 0.2) is 0 Å². The van der Waals surface area contributed by atoms with E-state index in [4.69, 9.17) is 11.5 Å². The summed E-state index contributed by atoms with van der Waals surface area (Å²) in [5.41, 5.74) is 13.0. The standard InChI is InChI=1S/C14H22N4O/c1-17(8-9-18-6-2-3-7-18)14(19)12-5-4-11(15)10-13(12)16/h4-5,10H,2-3,6-9,15-16H2,1H3. The average Bonchev–Trinajstić information content (AvgIpc) is 2.88. The minimum Gasteiger partial charge on any atom is -0.399 e. The van der Waals surface area contributed by atoms with Crippen LogP contribution in [-0.4, -0.2) is 48.9 Å². The van der Waals surface area contributed by atoms with Gasteiger partial charge in [-0.1, -0.05) is 0 Å². The minimum absolute atomic E-state index is 0.0447. The van der Waals surface area contributed by atoms with Crippen LogP contribution in [0.4, 0.5) is 11.4 Å². The van der Waals surface area contributed by atoms with Gasteiger partial charge in [0.2, 0.25) is 0 Å². The Morgan fingerprint density at radius 1 is 1.32 bits per heavy atom. The van der Waals surface area contributed by atoms with Crippen LogP contribution in [0.5, 0.6) is 0 Å². The lowest BCUT2D eigenvalue weighted by Crippen LogP contribution is -2.35. The molecular formula is C14H22N4O. The largest absolute Gasteiger partial charge is 0.399 e. The molecule has 1 fully saturated rings. The van der Waals surface area contributed by atoms with E-state index in [-0.39, 0.29) is 5.91 Å². The van der Waals surface area contributed by atoms with Crippen molar-refractivity contribution in [2.45, 2.75) is 12.8 Å². The van der Waals surface area contributed by atoms with Crippen molar-refractivity contribution >= 4 is 17.3 Å². The van der Waals surface area contributed by atoms with Gasteiger partial charge in [0.25, 0.3) is 5.91 Å². The van der Waals surface area contributed by atoms with Crippen LogP contribution in [0, 0.1) is 0 Å². The molecule has 104 valence electrons. The molecule has 1 aliphatic heterocycles. The van der Waals surface area contributed by atoms with Crippen molar-refractivity contribution in [3.8, 4) is 0 Å². The number of nitrogens with zero attached hydrogens (tertiary/aromatic N) is 2. The maximum atomic E-state index is 12.3. The van der Waals surface area contributed by atoms with Crippen LogP contribution in [0.15, 0.2) is 18.2 Å². The van der Waals surface area contributed by atoms with Crippen molar-refractivity contribution in [3.05, 3.63) is 23.8 Å². The van der Waals surface area contributed by atoms with Crippen LogP contribution in [0.1, 0.15) is 23.2 Å². The predicted molar refractivity (Wildman–Crippen MR) is 77.9 cm³/mol. The lowest BCUT2D eigenvalue weighted by atomic mass is 10.1. The number of hydrogen-bond donors (Lipinski definition) is 2. The first kappa shape index (κ1) is 13.7. The number of likely N-dealkylation sites (N-methyl/N-ethyl adjacent to an activating group) is 1. The molecule has 4 N–H and O–H groups in total. The third-order valence-electron chi connectivity index (χ3n) is 3.60. The van der Waals surface area contributed by atoms with E-state index >= 15 is 0 Å². The van der Waals surface area contributed by atoms with Crippen LogP contribution < -0.4 is 11.5 Å². The third kappa shape index (κ3) is 3.38. The zero-order chi connectivity index (χ0) is 13.8. The number of anilines is 2. The molecule has 1 aliphatic rings. The number of carbonyl (C=O) groups is 1. The molecule has 19 heavy (non-hydrogen) atoms. The number of nitrogens with two attached hydrogens (primary N) is 2. The SMILES string of the molecule is CN(CCN1CCCC1)C(=O)c1ccc(N)cc1N. The Bertz CT molecular complexity index is 455. The Morgan fingerprint density at radius 2 is 2.00 bits per heavy atom. The molecule has 0 spiro atoms. The van der Waals surface area contributed by atoms with Gasteiger partial charge >= 0.3 is 0 Å². The zero-order valence-electron chi connectivity index (χ0n) is 11.4. The van der Waals surface area contributed by atoms with Gasteiger partial charge in [-0.25, -0.2) is 0 Å². The Hall–Kier alpha value is -1.75. The van der Waals surface area contributed by atoms with E-state index in [1.807, 2.05) is 7.05 Å².